The van der Waals surface area contributed by atoms with Crippen LogP contribution >= 0.6 is 0 Å². The summed E-state index contributed by atoms with van der Waals surface area (Å²) < 4.78 is 15.0. The third kappa shape index (κ3) is 3.69. The lowest BCUT2D eigenvalue weighted by Gasteiger charge is -2.15. The first kappa shape index (κ1) is 17.1. The number of aryl methyl sites for hydroxylation is 1. The minimum absolute atomic E-state index is 0.00827. The van der Waals surface area contributed by atoms with Crippen molar-refractivity contribution in [2.45, 2.75) is 32.9 Å². The Labute approximate surface area is 144 Å². The summed E-state index contributed by atoms with van der Waals surface area (Å²) in [7, 11) is 0. The Morgan fingerprint density at radius 1 is 1.20 bits per heavy atom. The minimum atomic E-state index is -0.301. The zero-order valence-corrected chi connectivity index (χ0v) is 14.2. The molecule has 0 aliphatic carbocycles. The van der Waals surface area contributed by atoms with Gasteiger partial charge in [-0.3, -0.25) is 0 Å². The summed E-state index contributed by atoms with van der Waals surface area (Å²) in [4.78, 5) is 13.4. The zero-order valence-electron chi connectivity index (χ0n) is 14.2. The number of nitrogens with one attached hydrogen (secondary N) is 2. The number of hydrogen-bond donors (Lipinski definition) is 3. The minimum Gasteiger partial charge on any atom is -0.394 e. The third-order valence-electron chi connectivity index (χ3n) is 3.96. The standard InChI is InChI=1S/C17H21FN6O/c1-3-12(9-25)21-17-22-15(20-13-7-5-11(18)6-8-13)14-16(23-17)24(4-2)10-19-14/h5-8,10,12,25H,3-4,9H2,1-2H3,(H2,20,21,22,23)/t12-/m1/s1. The fourth-order valence-corrected chi connectivity index (χ4v) is 2.46. The van der Waals surface area contributed by atoms with E-state index in [2.05, 4.69) is 25.6 Å². The van der Waals surface area contributed by atoms with E-state index in [1.165, 1.54) is 12.1 Å². The number of aliphatic hydroxyl groups excluding tert-OH is 1. The molecule has 3 aromatic rings. The SMILES string of the molecule is CC[C@H](CO)Nc1nc(Nc2ccc(F)cc2)c2ncn(CC)c2n1. The highest BCUT2D eigenvalue weighted by Crippen LogP contribution is 2.24. The zero-order chi connectivity index (χ0) is 17.8. The molecule has 2 heterocycles. The molecule has 0 amide bonds. The van der Waals surface area contributed by atoms with E-state index in [1.54, 1.807) is 18.5 Å². The van der Waals surface area contributed by atoms with E-state index in [1.807, 2.05) is 18.4 Å². The van der Waals surface area contributed by atoms with E-state index in [-0.39, 0.29) is 18.5 Å². The van der Waals surface area contributed by atoms with Crippen molar-refractivity contribution >= 4 is 28.6 Å². The number of fused-ring (bicyclic) bond motifs is 1. The molecular formula is C17H21FN6O. The second-order valence-corrected chi connectivity index (χ2v) is 5.66. The van der Waals surface area contributed by atoms with Gasteiger partial charge in [-0.25, -0.2) is 9.37 Å². The maximum atomic E-state index is 13.1. The Bertz CT molecular complexity index is 844. The van der Waals surface area contributed by atoms with E-state index >= 15 is 0 Å². The lowest BCUT2D eigenvalue weighted by atomic mass is 10.2. The Morgan fingerprint density at radius 3 is 2.60 bits per heavy atom. The lowest BCUT2D eigenvalue weighted by molar-refractivity contribution is 0.271. The normalized spacial score (nSPS) is 12.3. The molecule has 0 spiro atoms. The Morgan fingerprint density at radius 2 is 1.96 bits per heavy atom. The van der Waals surface area contributed by atoms with Crippen LogP contribution in [-0.4, -0.2) is 37.3 Å². The predicted molar refractivity (Wildman–Crippen MR) is 95.5 cm³/mol. The van der Waals surface area contributed by atoms with Gasteiger partial charge in [0.15, 0.2) is 17.0 Å². The summed E-state index contributed by atoms with van der Waals surface area (Å²) >= 11 is 0. The summed E-state index contributed by atoms with van der Waals surface area (Å²) in [6.07, 6.45) is 2.45. The van der Waals surface area contributed by atoms with Crippen LogP contribution in [0.25, 0.3) is 11.2 Å². The van der Waals surface area contributed by atoms with Crippen LogP contribution in [-0.2, 0) is 6.54 Å². The highest BCUT2D eigenvalue weighted by molar-refractivity contribution is 5.86. The molecule has 25 heavy (non-hydrogen) atoms. The van der Waals surface area contributed by atoms with Gasteiger partial charge in [-0.2, -0.15) is 9.97 Å². The lowest BCUT2D eigenvalue weighted by Crippen LogP contribution is -2.24. The second kappa shape index (κ2) is 7.43. The van der Waals surface area contributed by atoms with E-state index < -0.39 is 0 Å². The number of benzene rings is 1. The van der Waals surface area contributed by atoms with E-state index in [0.717, 1.165) is 13.0 Å². The molecular weight excluding hydrogens is 323 g/mol. The van der Waals surface area contributed by atoms with Crippen molar-refractivity contribution in [2.75, 3.05) is 17.2 Å². The van der Waals surface area contributed by atoms with Crippen LogP contribution in [0.4, 0.5) is 21.8 Å². The van der Waals surface area contributed by atoms with Crippen LogP contribution in [0, 0.1) is 5.82 Å². The summed E-state index contributed by atoms with van der Waals surface area (Å²) in [5, 5.41) is 15.7. The average Bonchev–Trinajstić information content (AvgIpc) is 3.05. The third-order valence-corrected chi connectivity index (χ3v) is 3.96. The number of imidazole rings is 1. The Balaban J connectivity index is 2.02. The first-order chi connectivity index (χ1) is 12.1. The molecule has 0 aliphatic heterocycles. The van der Waals surface area contributed by atoms with Crippen molar-refractivity contribution in [3.05, 3.63) is 36.4 Å². The average molecular weight is 344 g/mol. The van der Waals surface area contributed by atoms with Crippen LogP contribution < -0.4 is 10.6 Å². The smallest absolute Gasteiger partial charge is 0.227 e. The van der Waals surface area contributed by atoms with Gasteiger partial charge in [0.25, 0.3) is 0 Å². The van der Waals surface area contributed by atoms with Gasteiger partial charge >= 0.3 is 0 Å². The van der Waals surface area contributed by atoms with Crippen LogP contribution in [0.1, 0.15) is 20.3 Å². The molecule has 7 nitrogen and oxygen atoms in total. The monoisotopic (exact) mass is 344 g/mol. The molecule has 2 aromatic heterocycles. The van der Waals surface area contributed by atoms with Crippen molar-refractivity contribution in [1.82, 2.24) is 19.5 Å². The van der Waals surface area contributed by atoms with Crippen molar-refractivity contribution in [3.8, 4) is 0 Å². The van der Waals surface area contributed by atoms with Gasteiger partial charge in [0.1, 0.15) is 5.82 Å². The van der Waals surface area contributed by atoms with E-state index in [0.29, 0.717) is 28.6 Å². The van der Waals surface area contributed by atoms with Gasteiger partial charge in [0.05, 0.1) is 19.0 Å². The van der Waals surface area contributed by atoms with Crippen LogP contribution in [0.5, 0.6) is 0 Å². The maximum Gasteiger partial charge on any atom is 0.227 e. The summed E-state index contributed by atoms with van der Waals surface area (Å²) in [6, 6.07) is 5.90. The molecule has 3 rings (SSSR count). The second-order valence-electron chi connectivity index (χ2n) is 5.66. The van der Waals surface area contributed by atoms with Gasteiger partial charge in [-0.15, -0.1) is 0 Å². The number of aromatic nitrogens is 4. The molecule has 0 saturated carbocycles. The largest absolute Gasteiger partial charge is 0.394 e. The number of rotatable bonds is 7. The quantitative estimate of drug-likeness (QED) is 0.611. The maximum absolute atomic E-state index is 13.1. The number of anilines is 3. The van der Waals surface area contributed by atoms with Crippen LogP contribution in [0.2, 0.25) is 0 Å². The molecule has 1 atom stereocenters. The van der Waals surface area contributed by atoms with Crippen LogP contribution in [0.3, 0.4) is 0 Å². The molecule has 0 aliphatic rings. The van der Waals surface area contributed by atoms with Crippen molar-refractivity contribution in [2.24, 2.45) is 0 Å². The summed E-state index contributed by atoms with van der Waals surface area (Å²) in [5.41, 5.74) is 2.03. The highest BCUT2D eigenvalue weighted by atomic mass is 19.1. The number of aliphatic hydroxyl groups is 1. The summed E-state index contributed by atoms with van der Waals surface area (Å²) in [5.74, 6) is 0.636. The molecule has 0 radical (unpaired) electrons. The van der Waals surface area contributed by atoms with Gasteiger partial charge in [-0.1, -0.05) is 6.92 Å². The molecule has 0 fully saturated rings. The molecule has 8 heteroatoms. The molecule has 0 bridgehead atoms. The topological polar surface area (TPSA) is 87.9 Å². The first-order valence-corrected chi connectivity index (χ1v) is 8.27. The van der Waals surface area contributed by atoms with Crippen LogP contribution in [0.15, 0.2) is 30.6 Å². The van der Waals surface area contributed by atoms with Crippen molar-refractivity contribution in [3.63, 3.8) is 0 Å². The molecule has 0 saturated heterocycles. The Hall–Kier alpha value is -2.74. The van der Waals surface area contributed by atoms with E-state index in [9.17, 15) is 9.50 Å². The number of hydrogen-bond acceptors (Lipinski definition) is 6. The first-order valence-electron chi connectivity index (χ1n) is 8.27. The Kier molecular flexibility index (Phi) is 5.08. The number of halogens is 1. The summed E-state index contributed by atoms with van der Waals surface area (Å²) in [6.45, 7) is 4.69. The fourth-order valence-electron chi connectivity index (χ4n) is 2.46. The molecule has 1 aromatic carbocycles. The highest BCUT2D eigenvalue weighted by Gasteiger charge is 2.15. The fraction of sp³-hybridized carbons (Fsp3) is 0.353. The predicted octanol–water partition coefficient (Wildman–Crippen LogP) is 2.91. The van der Waals surface area contributed by atoms with Gasteiger partial charge in [0.2, 0.25) is 5.95 Å². The number of nitrogens with zero attached hydrogens (tertiary/aromatic N) is 4. The molecule has 3 N–H and O–H groups in total. The van der Waals surface area contributed by atoms with Gasteiger partial charge < -0.3 is 20.3 Å². The van der Waals surface area contributed by atoms with Gasteiger partial charge in [0, 0.05) is 12.2 Å². The van der Waals surface area contributed by atoms with Crippen molar-refractivity contribution < 1.29 is 9.50 Å². The molecule has 0 unspecified atom stereocenters. The van der Waals surface area contributed by atoms with Crippen molar-refractivity contribution in [1.29, 1.82) is 0 Å². The molecule has 132 valence electrons. The van der Waals surface area contributed by atoms with E-state index in [4.69, 9.17) is 0 Å². The van der Waals surface area contributed by atoms with Gasteiger partial charge in [-0.05, 0) is 37.6 Å².